The average Bonchev–Trinajstić information content (AvgIpc) is 2.68. The van der Waals surface area contributed by atoms with Crippen LogP contribution in [0.5, 0.6) is 0 Å². The van der Waals surface area contributed by atoms with Crippen LogP contribution in [0.25, 0.3) is 0 Å². The van der Waals surface area contributed by atoms with E-state index in [0.29, 0.717) is 5.92 Å². The van der Waals surface area contributed by atoms with E-state index in [0.717, 1.165) is 23.9 Å². The van der Waals surface area contributed by atoms with E-state index in [4.69, 9.17) is 0 Å². The Morgan fingerprint density at radius 1 is 1.23 bits per heavy atom. The molecule has 1 aromatic carbocycles. The van der Waals surface area contributed by atoms with Crippen LogP contribution in [0.1, 0.15) is 30.8 Å². The molecule has 1 heterocycles. The molecule has 0 unspecified atom stereocenters. The third kappa shape index (κ3) is 3.72. The fraction of sp³-hybridized carbons (Fsp3) is 0.353. The molecule has 0 spiro atoms. The topological polar surface area (TPSA) is 29.3 Å². The summed E-state index contributed by atoms with van der Waals surface area (Å²) in [5, 5.41) is 4.05. The maximum absolute atomic E-state index is 13.5. The Balaban J connectivity index is 2.13. The third-order valence-corrected chi connectivity index (χ3v) is 3.48. The molecule has 22 heavy (non-hydrogen) atoms. The number of hydrogen-bond acceptors (Lipinski definition) is 2. The quantitative estimate of drug-likeness (QED) is 0.640. The van der Waals surface area contributed by atoms with Crippen molar-refractivity contribution in [3.63, 3.8) is 0 Å². The van der Waals surface area contributed by atoms with Gasteiger partial charge in [0.1, 0.15) is 5.82 Å². The van der Waals surface area contributed by atoms with Gasteiger partial charge in [0, 0.05) is 29.6 Å². The van der Waals surface area contributed by atoms with Gasteiger partial charge >= 0.3 is 0 Å². The van der Waals surface area contributed by atoms with Crippen molar-refractivity contribution in [2.75, 3.05) is 5.43 Å². The Morgan fingerprint density at radius 3 is 2.59 bits per heavy atom. The van der Waals surface area contributed by atoms with Crippen molar-refractivity contribution in [1.29, 1.82) is 0 Å². The van der Waals surface area contributed by atoms with E-state index in [1.807, 2.05) is 13.0 Å². The summed E-state index contributed by atoms with van der Waals surface area (Å²) in [7, 11) is 0. The highest BCUT2D eigenvalue weighted by Gasteiger charge is 2.08. The smallest absolute Gasteiger partial charge is 0.151 e. The highest BCUT2D eigenvalue weighted by molar-refractivity contribution is 5.82. The first-order valence-electron chi connectivity index (χ1n) is 7.29. The van der Waals surface area contributed by atoms with Crippen LogP contribution in [0.3, 0.4) is 0 Å². The molecule has 0 radical (unpaired) electrons. The number of halogens is 2. The molecule has 0 saturated heterocycles. The van der Waals surface area contributed by atoms with Crippen molar-refractivity contribution >= 4 is 11.9 Å². The van der Waals surface area contributed by atoms with Gasteiger partial charge in [0.15, 0.2) is 5.82 Å². The molecule has 0 aliphatic heterocycles. The van der Waals surface area contributed by atoms with Gasteiger partial charge in [0.05, 0.1) is 11.9 Å². The van der Waals surface area contributed by atoms with Crippen molar-refractivity contribution in [2.45, 2.75) is 34.2 Å². The van der Waals surface area contributed by atoms with Gasteiger partial charge in [-0.1, -0.05) is 13.8 Å². The zero-order valence-corrected chi connectivity index (χ0v) is 13.3. The highest BCUT2D eigenvalue weighted by atomic mass is 19.1. The molecule has 0 bridgehead atoms. The number of hydrazone groups is 1. The van der Waals surface area contributed by atoms with Crippen molar-refractivity contribution < 1.29 is 8.78 Å². The van der Waals surface area contributed by atoms with E-state index in [2.05, 4.69) is 35.9 Å². The van der Waals surface area contributed by atoms with Gasteiger partial charge in [0.25, 0.3) is 0 Å². The maximum atomic E-state index is 13.5. The summed E-state index contributed by atoms with van der Waals surface area (Å²) in [5.74, 6) is -0.715. The van der Waals surface area contributed by atoms with Gasteiger partial charge in [-0.05, 0) is 38.0 Å². The summed E-state index contributed by atoms with van der Waals surface area (Å²) in [6.07, 6.45) is 1.65. The predicted molar refractivity (Wildman–Crippen MR) is 86.3 cm³/mol. The first-order chi connectivity index (χ1) is 10.4. The van der Waals surface area contributed by atoms with Crippen molar-refractivity contribution in [3.8, 4) is 0 Å². The lowest BCUT2D eigenvalue weighted by Gasteiger charge is -2.11. The van der Waals surface area contributed by atoms with E-state index in [1.165, 1.54) is 17.8 Å². The Kier molecular flexibility index (Phi) is 4.96. The summed E-state index contributed by atoms with van der Waals surface area (Å²) in [5.41, 5.74) is 6.02. The van der Waals surface area contributed by atoms with Crippen LogP contribution in [-0.4, -0.2) is 10.8 Å². The van der Waals surface area contributed by atoms with Crippen molar-refractivity contribution in [2.24, 2.45) is 11.0 Å². The van der Waals surface area contributed by atoms with Gasteiger partial charge in [0.2, 0.25) is 0 Å². The van der Waals surface area contributed by atoms with Crippen LogP contribution < -0.4 is 5.43 Å². The molecule has 2 aromatic rings. The fourth-order valence-corrected chi connectivity index (χ4v) is 2.36. The summed E-state index contributed by atoms with van der Waals surface area (Å²) in [6.45, 7) is 9.39. The molecule has 1 N–H and O–H groups in total. The molecule has 0 aliphatic rings. The number of nitrogens with zero attached hydrogens (tertiary/aromatic N) is 2. The molecule has 0 atom stereocenters. The number of anilines is 1. The molecule has 118 valence electrons. The number of benzene rings is 1. The van der Waals surface area contributed by atoms with Crippen LogP contribution in [0.4, 0.5) is 14.5 Å². The zero-order chi connectivity index (χ0) is 16.3. The molecule has 0 saturated carbocycles. The normalized spacial score (nSPS) is 11.6. The lowest BCUT2D eigenvalue weighted by molar-refractivity contribution is 0.509. The second-order valence-corrected chi connectivity index (χ2v) is 5.83. The summed E-state index contributed by atoms with van der Waals surface area (Å²) in [4.78, 5) is 0. The SMILES string of the molecule is Cc1cc(/C=N/Nc2ccc(F)cc2F)c(C)n1CC(C)C. The van der Waals surface area contributed by atoms with Crippen LogP contribution in [-0.2, 0) is 6.54 Å². The minimum atomic E-state index is -0.664. The van der Waals surface area contributed by atoms with Crippen LogP contribution in [0, 0.1) is 31.4 Å². The van der Waals surface area contributed by atoms with Gasteiger partial charge in [-0.15, -0.1) is 0 Å². The summed E-state index contributed by atoms with van der Waals surface area (Å²) < 4.78 is 28.6. The van der Waals surface area contributed by atoms with E-state index in [9.17, 15) is 8.78 Å². The molecule has 1 aromatic heterocycles. The number of hydrogen-bond donors (Lipinski definition) is 1. The van der Waals surface area contributed by atoms with Crippen LogP contribution in [0.15, 0.2) is 29.4 Å². The van der Waals surface area contributed by atoms with E-state index < -0.39 is 11.6 Å². The third-order valence-electron chi connectivity index (χ3n) is 3.48. The minimum absolute atomic E-state index is 0.147. The molecule has 0 amide bonds. The van der Waals surface area contributed by atoms with Crippen LogP contribution >= 0.6 is 0 Å². The van der Waals surface area contributed by atoms with Crippen molar-refractivity contribution in [1.82, 2.24) is 4.57 Å². The second-order valence-electron chi connectivity index (χ2n) is 5.83. The van der Waals surface area contributed by atoms with Gasteiger partial charge in [-0.2, -0.15) is 5.10 Å². The fourth-order valence-electron chi connectivity index (χ4n) is 2.36. The molecule has 0 aliphatic carbocycles. The maximum Gasteiger partial charge on any atom is 0.151 e. The van der Waals surface area contributed by atoms with Gasteiger partial charge in [-0.25, -0.2) is 8.78 Å². The highest BCUT2D eigenvalue weighted by Crippen LogP contribution is 2.17. The average molecular weight is 305 g/mol. The molecule has 2 rings (SSSR count). The molecule has 3 nitrogen and oxygen atoms in total. The van der Waals surface area contributed by atoms with Crippen LogP contribution in [0.2, 0.25) is 0 Å². The minimum Gasteiger partial charge on any atom is -0.348 e. The Bertz CT molecular complexity index is 687. The first-order valence-corrected chi connectivity index (χ1v) is 7.29. The summed E-state index contributed by atoms with van der Waals surface area (Å²) in [6, 6.07) is 5.38. The van der Waals surface area contributed by atoms with E-state index in [1.54, 1.807) is 6.21 Å². The largest absolute Gasteiger partial charge is 0.348 e. The Labute approximate surface area is 129 Å². The number of aromatic nitrogens is 1. The lowest BCUT2D eigenvalue weighted by atomic mass is 10.2. The number of rotatable bonds is 5. The Morgan fingerprint density at radius 2 is 1.95 bits per heavy atom. The summed E-state index contributed by atoms with van der Waals surface area (Å²) >= 11 is 0. The molecular weight excluding hydrogens is 284 g/mol. The van der Waals surface area contributed by atoms with Gasteiger partial charge < -0.3 is 4.57 Å². The number of aryl methyl sites for hydroxylation is 1. The second kappa shape index (κ2) is 6.73. The zero-order valence-electron chi connectivity index (χ0n) is 13.3. The van der Waals surface area contributed by atoms with E-state index in [-0.39, 0.29) is 5.69 Å². The Hall–Kier alpha value is -2.17. The molecular formula is C17H21F2N3. The van der Waals surface area contributed by atoms with E-state index >= 15 is 0 Å². The number of nitrogens with one attached hydrogen (secondary N) is 1. The lowest BCUT2D eigenvalue weighted by Crippen LogP contribution is -2.08. The first kappa shape index (κ1) is 16.2. The monoisotopic (exact) mass is 305 g/mol. The standard InChI is InChI=1S/C17H21F2N3/c1-11(2)10-22-12(3)7-14(13(22)4)9-20-21-17-6-5-15(18)8-16(17)19/h5-9,11,21H,10H2,1-4H3/b20-9+. The molecule has 0 fully saturated rings. The molecule has 5 heteroatoms. The predicted octanol–water partition coefficient (Wildman–Crippen LogP) is 4.49. The van der Waals surface area contributed by atoms with Gasteiger partial charge in [-0.3, -0.25) is 5.43 Å². The van der Waals surface area contributed by atoms with Crippen molar-refractivity contribution in [3.05, 3.63) is 52.9 Å².